The number of carboxylic acid groups (broad SMARTS) is 1. The van der Waals surface area contributed by atoms with Crippen molar-refractivity contribution in [1.29, 1.82) is 0 Å². The number of carbonyl (C=O) groups is 2. The van der Waals surface area contributed by atoms with Crippen LogP contribution >= 0.6 is 0 Å². The molecule has 25 heavy (non-hydrogen) atoms. The topological polar surface area (TPSA) is 84.2 Å². The van der Waals surface area contributed by atoms with Gasteiger partial charge in [-0.3, -0.25) is 4.79 Å². The van der Waals surface area contributed by atoms with Crippen molar-refractivity contribution in [2.24, 2.45) is 0 Å². The molecule has 126 valence electrons. The molecule has 1 amide bonds. The lowest BCUT2D eigenvalue weighted by Crippen LogP contribution is -2.15. The zero-order valence-electron chi connectivity index (χ0n) is 13.6. The van der Waals surface area contributed by atoms with Crippen LogP contribution in [0, 0.1) is 6.92 Å². The first-order chi connectivity index (χ1) is 12.0. The number of amides is 1. The molecular weight excluding hydrogens is 318 g/mol. The molecule has 6 nitrogen and oxygen atoms in total. The van der Waals surface area contributed by atoms with Crippen molar-refractivity contribution in [3.8, 4) is 5.69 Å². The molecule has 0 bridgehead atoms. The van der Waals surface area contributed by atoms with Gasteiger partial charge in [0.15, 0.2) is 0 Å². The molecule has 0 saturated heterocycles. The molecule has 0 aliphatic heterocycles. The number of benzene rings is 2. The Morgan fingerprint density at radius 2 is 1.92 bits per heavy atom. The minimum Gasteiger partial charge on any atom is -0.478 e. The van der Waals surface area contributed by atoms with E-state index in [0.29, 0.717) is 5.69 Å². The van der Waals surface area contributed by atoms with Gasteiger partial charge in [-0.25, -0.2) is 9.48 Å². The van der Waals surface area contributed by atoms with Gasteiger partial charge in [-0.05, 0) is 42.3 Å². The second-order valence-electron chi connectivity index (χ2n) is 5.69. The highest BCUT2D eigenvalue weighted by molar-refractivity contribution is 5.95. The summed E-state index contributed by atoms with van der Waals surface area (Å²) in [4.78, 5) is 23.3. The number of para-hydroxylation sites is 1. The third-order valence-corrected chi connectivity index (χ3v) is 3.78. The van der Waals surface area contributed by atoms with Crippen molar-refractivity contribution >= 4 is 17.6 Å². The highest BCUT2D eigenvalue weighted by Gasteiger charge is 2.11. The summed E-state index contributed by atoms with van der Waals surface area (Å²) in [5.41, 5.74) is 3.13. The molecule has 0 unspecified atom stereocenters. The van der Waals surface area contributed by atoms with Crippen LogP contribution < -0.4 is 5.32 Å². The Hall–Kier alpha value is -3.41. The lowest BCUT2D eigenvalue weighted by atomic mass is 10.1. The van der Waals surface area contributed by atoms with Gasteiger partial charge >= 0.3 is 5.97 Å². The molecule has 3 rings (SSSR count). The van der Waals surface area contributed by atoms with E-state index in [4.69, 9.17) is 5.11 Å². The lowest BCUT2D eigenvalue weighted by molar-refractivity contribution is -0.115. The third kappa shape index (κ3) is 3.92. The Kier molecular flexibility index (Phi) is 4.61. The van der Waals surface area contributed by atoms with Gasteiger partial charge in [0.1, 0.15) is 0 Å². The molecule has 0 spiro atoms. The van der Waals surface area contributed by atoms with Crippen molar-refractivity contribution in [2.75, 3.05) is 5.32 Å². The van der Waals surface area contributed by atoms with Gasteiger partial charge in [0.05, 0.1) is 23.9 Å². The van der Waals surface area contributed by atoms with Gasteiger partial charge in [-0.1, -0.05) is 24.3 Å². The summed E-state index contributed by atoms with van der Waals surface area (Å²) in [6, 6.07) is 14.3. The standard InChI is InChI=1S/C19H17N3O3/c1-13-7-8-15(19(24)25)10-17(13)21-18(23)9-14-11-20-22(12-14)16-5-3-2-4-6-16/h2-8,10-12H,9H2,1H3,(H,21,23)(H,24,25). The fourth-order valence-corrected chi connectivity index (χ4v) is 2.44. The first kappa shape index (κ1) is 16.4. The molecule has 0 atom stereocenters. The molecule has 2 aromatic carbocycles. The Morgan fingerprint density at radius 3 is 2.64 bits per heavy atom. The number of hydrogen-bond donors (Lipinski definition) is 2. The fourth-order valence-electron chi connectivity index (χ4n) is 2.44. The number of rotatable bonds is 5. The number of nitrogens with one attached hydrogen (secondary N) is 1. The minimum absolute atomic E-state index is 0.137. The number of anilines is 1. The number of carbonyl (C=O) groups excluding carboxylic acids is 1. The van der Waals surface area contributed by atoms with E-state index in [1.807, 2.05) is 37.3 Å². The van der Waals surface area contributed by atoms with Gasteiger partial charge in [0.25, 0.3) is 0 Å². The molecule has 2 N–H and O–H groups in total. The quantitative estimate of drug-likeness (QED) is 0.750. The average Bonchev–Trinajstić information content (AvgIpc) is 3.06. The maximum absolute atomic E-state index is 12.3. The van der Waals surface area contributed by atoms with Gasteiger partial charge in [0.2, 0.25) is 5.91 Å². The highest BCUT2D eigenvalue weighted by Crippen LogP contribution is 2.17. The zero-order valence-corrected chi connectivity index (χ0v) is 13.6. The Labute approximate surface area is 144 Å². The van der Waals surface area contributed by atoms with Crippen molar-refractivity contribution in [3.05, 3.63) is 77.6 Å². The number of aromatic nitrogens is 2. The van der Waals surface area contributed by atoms with E-state index in [9.17, 15) is 9.59 Å². The largest absolute Gasteiger partial charge is 0.478 e. The zero-order chi connectivity index (χ0) is 17.8. The SMILES string of the molecule is Cc1ccc(C(=O)O)cc1NC(=O)Cc1cnn(-c2ccccc2)c1. The van der Waals surface area contributed by atoms with Crippen LogP contribution in [-0.2, 0) is 11.2 Å². The highest BCUT2D eigenvalue weighted by atomic mass is 16.4. The molecule has 3 aromatic rings. The van der Waals surface area contributed by atoms with Crippen molar-refractivity contribution in [3.63, 3.8) is 0 Å². The summed E-state index contributed by atoms with van der Waals surface area (Å²) in [6.07, 6.45) is 3.60. The predicted molar refractivity (Wildman–Crippen MR) is 94.0 cm³/mol. The first-order valence-corrected chi connectivity index (χ1v) is 7.76. The lowest BCUT2D eigenvalue weighted by Gasteiger charge is -2.09. The van der Waals surface area contributed by atoms with E-state index in [1.165, 1.54) is 12.1 Å². The summed E-state index contributed by atoms with van der Waals surface area (Å²) < 4.78 is 1.71. The van der Waals surface area contributed by atoms with Crippen LogP contribution in [0.1, 0.15) is 21.5 Å². The molecule has 0 radical (unpaired) electrons. The van der Waals surface area contributed by atoms with Crippen molar-refractivity contribution in [1.82, 2.24) is 9.78 Å². The van der Waals surface area contributed by atoms with E-state index in [2.05, 4.69) is 10.4 Å². The molecule has 0 aliphatic carbocycles. The van der Waals surface area contributed by atoms with Crippen LogP contribution in [0.3, 0.4) is 0 Å². The van der Waals surface area contributed by atoms with Gasteiger partial charge < -0.3 is 10.4 Å². The molecule has 1 aromatic heterocycles. The van der Waals surface area contributed by atoms with E-state index in [1.54, 1.807) is 23.1 Å². The summed E-state index contributed by atoms with van der Waals surface area (Å²) in [6.45, 7) is 1.81. The molecule has 1 heterocycles. The van der Waals surface area contributed by atoms with Crippen LogP contribution in [-0.4, -0.2) is 26.8 Å². The monoisotopic (exact) mass is 335 g/mol. The van der Waals surface area contributed by atoms with Gasteiger partial charge in [-0.15, -0.1) is 0 Å². The maximum Gasteiger partial charge on any atom is 0.335 e. The smallest absolute Gasteiger partial charge is 0.335 e. The molecule has 6 heteroatoms. The summed E-state index contributed by atoms with van der Waals surface area (Å²) in [7, 11) is 0. The Morgan fingerprint density at radius 1 is 1.16 bits per heavy atom. The number of aryl methyl sites for hydroxylation is 1. The molecule has 0 saturated carbocycles. The summed E-state index contributed by atoms with van der Waals surface area (Å²) >= 11 is 0. The number of aromatic carboxylic acids is 1. The molecular formula is C19H17N3O3. The average molecular weight is 335 g/mol. The van der Waals surface area contributed by atoms with E-state index in [0.717, 1.165) is 16.8 Å². The van der Waals surface area contributed by atoms with Crippen LogP contribution in [0.5, 0.6) is 0 Å². The number of carboxylic acids is 1. The van der Waals surface area contributed by atoms with E-state index < -0.39 is 5.97 Å². The van der Waals surface area contributed by atoms with Crippen molar-refractivity contribution in [2.45, 2.75) is 13.3 Å². The van der Waals surface area contributed by atoms with Crippen LogP contribution in [0.4, 0.5) is 5.69 Å². The van der Waals surface area contributed by atoms with Crippen molar-refractivity contribution < 1.29 is 14.7 Å². The number of nitrogens with zero attached hydrogens (tertiary/aromatic N) is 2. The minimum atomic E-state index is -1.03. The number of hydrogen-bond acceptors (Lipinski definition) is 3. The second kappa shape index (κ2) is 7.00. The summed E-state index contributed by atoms with van der Waals surface area (Å²) in [5, 5.41) is 16.1. The predicted octanol–water partition coefficient (Wildman–Crippen LogP) is 3.06. The molecule has 0 aliphatic rings. The van der Waals surface area contributed by atoms with E-state index in [-0.39, 0.29) is 17.9 Å². The van der Waals surface area contributed by atoms with Crippen LogP contribution in [0.15, 0.2) is 60.9 Å². The Bertz CT molecular complexity index is 917. The first-order valence-electron chi connectivity index (χ1n) is 7.76. The van der Waals surface area contributed by atoms with Crippen LogP contribution in [0.25, 0.3) is 5.69 Å². The van der Waals surface area contributed by atoms with E-state index >= 15 is 0 Å². The maximum atomic E-state index is 12.3. The second-order valence-corrected chi connectivity index (χ2v) is 5.69. The van der Waals surface area contributed by atoms with Gasteiger partial charge in [-0.2, -0.15) is 5.10 Å². The van der Waals surface area contributed by atoms with Crippen LogP contribution in [0.2, 0.25) is 0 Å². The Balaban J connectivity index is 1.70. The third-order valence-electron chi connectivity index (χ3n) is 3.78. The summed E-state index contributed by atoms with van der Waals surface area (Å²) in [5.74, 6) is -1.25. The fraction of sp³-hybridized carbons (Fsp3) is 0.105. The molecule has 0 fully saturated rings. The normalized spacial score (nSPS) is 10.4. The van der Waals surface area contributed by atoms with Gasteiger partial charge in [0, 0.05) is 11.9 Å².